The maximum absolute atomic E-state index is 14.2. The highest BCUT2D eigenvalue weighted by Gasteiger charge is 2.41. The van der Waals surface area contributed by atoms with Gasteiger partial charge in [0.25, 0.3) is 0 Å². The highest BCUT2D eigenvalue weighted by atomic mass is 19.1. The lowest BCUT2D eigenvalue weighted by Gasteiger charge is -2.42. The number of carbonyl (C=O) groups is 1. The molecule has 1 N–H and O–H groups in total. The van der Waals surface area contributed by atoms with E-state index in [0.717, 1.165) is 37.7 Å². The predicted molar refractivity (Wildman–Crippen MR) is 124 cm³/mol. The molecule has 3 aromatic heterocycles. The number of nitrogens with zero attached hydrogens (tertiary/aromatic N) is 5. The lowest BCUT2D eigenvalue weighted by molar-refractivity contribution is -0.132. The average molecular weight is 449 g/mol. The fourth-order valence-corrected chi connectivity index (χ4v) is 5.44. The Labute approximate surface area is 192 Å². The summed E-state index contributed by atoms with van der Waals surface area (Å²) in [5.74, 6) is 1.66. The summed E-state index contributed by atoms with van der Waals surface area (Å²) < 4.78 is 16.0. The first-order valence-corrected chi connectivity index (χ1v) is 12.0. The summed E-state index contributed by atoms with van der Waals surface area (Å²) >= 11 is 0. The van der Waals surface area contributed by atoms with Crippen molar-refractivity contribution in [3.05, 3.63) is 59.9 Å². The van der Waals surface area contributed by atoms with Crippen LogP contribution in [-0.2, 0) is 11.3 Å². The van der Waals surface area contributed by atoms with Crippen molar-refractivity contribution >= 4 is 17.4 Å². The van der Waals surface area contributed by atoms with Crippen LogP contribution in [0.3, 0.4) is 0 Å². The van der Waals surface area contributed by atoms with Crippen LogP contribution in [0.4, 0.5) is 10.2 Å². The number of carbonyl (C=O) groups excluding carboxylic acids is 1. The highest BCUT2D eigenvalue weighted by molar-refractivity contribution is 5.77. The van der Waals surface area contributed by atoms with Gasteiger partial charge in [-0.1, -0.05) is 6.07 Å². The molecule has 0 spiro atoms. The topological polar surface area (TPSA) is 65.8 Å². The summed E-state index contributed by atoms with van der Waals surface area (Å²) in [6.07, 6.45) is 10.7. The maximum atomic E-state index is 14.2. The van der Waals surface area contributed by atoms with Gasteiger partial charge in [0.1, 0.15) is 17.3 Å². The molecule has 8 heteroatoms. The molecule has 172 valence electrons. The van der Waals surface area contributed by atoms with Crippen molar-refractivity contribution in [2.24, 2.45) is 0 Å². The second kappa shape index (κ2) is 8.41. The molecule has 2 unspecified atom stereocenters. The van der Waals surface area contributed by atoms with Gasteiger partial charge in [-0.25, -0.2) is 14.4 Å². The van der Waals surface area contributed by atoms with E-state index >= 15 is 0 Å². The van der Waals surface area contributed by atoms with Crippen molar-refractivity contribution < 1.29 is 9.18 Å². The van der Waals surface area contributed by atoms with Gasteiger partial charge in [0.15, 0.2) is 0 Å². The van der Waals surface area contributed by atoms with Gasteiger partial charge in [0, 0.05) is 63.3 Å². The van der Waals surface area contributed by atoms with Crippen LogP contribution >= 0.6 is 0 Å². The van der Waals surface area contributed by atoms with Crippen LogP contribution in [0.1, 0.15) is 49.3 Å². The molecule has 2 atom stereocenters. The summed E-state index contributed by atoms with van der Waals surface area (Å²) in [6, 6.07) is 8.18. The number of hydrogen-bond donors (Lipinski definition) is 1. The summed E-state index contributed by atoms with van der Waals surface area (Å²) in [5, 5.41) is 3.23. The van der Waals surface area contributed by atoms with E-state index in [1.165, 1.54) is 24.5 Å². The number of likely N-dealkylation sites (tertiary alicyclic amines) is 1. The quantitative estimate of drug-likeness (QED) is 0.563. The fraction of sp³-hybridized carbons (Fsp3) is 0.480. The standard InChI is InChI=1S/C25H29FN6O/c26-21-6-8-23-28-11-12-31(23)22(21)14-27-10-9-25(33)30-15-19-4-5-20(16-30)32(19)24-7-3-18(13-29-24)17-1-2-17/h3,6-8,11-13,17,19-20,27H,1-2,4-5,9-10,14-16H2. The molecule has 33 heavy (non-hydrogen) atoms. The van der Waals surface area contributed by atoms with Crippen LogP contribution in [-0.4, -0.2) is 56.9 Å². The molecule has 7 nitrogen and oxygen atoms in total. The number of amides is 1. The number of rotatable bonds is 7. The molecule has 6 rings (SSSR count). The van der Waals surface area contributed by atoms with Crippen molar-refractivity contribution in [1.29, 1.82) is 0 Å². The van der Waals surface area contributed by atoms with E-state index in [-0.39, 0.29) is 11.7 Å². The SMILES string of the molecule is O=C(CCNCc1c(F)ccc2nccn12)N1CC2CCC(C1)N2c1ccc(C2CC2)cn1. The summed E-state index contributed by atoms with van der Waals surface area (Å²) in [4.78, 5) is 26.3. The molecule has 2 aliphatic heterocycles. The number of pyridine rings is 2. The maximum Gasteiger partial charge on any atom is 0.223 e. The Morgan fingerprint density at radius 3 is 2.61 bits per heavy atom. The van der Waals surface area contributed by atoms with Gasteiger partial charge in [0.05, 0.1) is 5.69 Å². The van der Waals surface area contributed by atoms with E-state index in [0.29, 0.717) is 42.9 Å². The summed E-state index contributed by atoms with van der Waals surface area (Å²) in [7, 11) is 0. The molecule has 3 aromatic rings. The van der Waals surface area contributed by atoms with Crippen molar-refractivity contribution in [2.45, 2.75) is 56.7 Å². The van der Waals surface area contributed by atoms with Crippen LogP contribution < -0.4 is 10.2 Å². The number of hydrogen-bond acceptors (Lipinski definition) is 5. The Morgan fingerprint density at radius 1 is 1.06 bits per heavy atom. The molecular weight excluding hydrogens is 419 g/mol. The number of anilines is 1. The van der Waals surface area contributed by atoms with E-state index in [9.17, 15) is 9.18 Å². The van der Waals surface area contributed by atoms with Crippen molar-refractivity contribution in [1.82, 2.24) is 24.6 Å². The Kier molecular flexibility index (Phi) is 5.25. The number of fused-ring (bicyclic) bond motifs is 3. The van der Waals surface area contributed by atoms with Crippen molar-refractivity contribution in [3.63, 3.8) is 0 Å². The van der Waals surface area contributed by atoms with Gasteiger partial charge in [-0.05, 0) is 55.4 Å². The molecule has 0 radical (unpaired) electrons. The number of nitrogens with one attached hydrogen (secondary N) is 1. The lowest BCUT2D eigenvalue weighted by Crippen LogP contribution is -2.56. The van der Waals surface area contributed by atoms with Crippen LogP contribution in [0.25, 0.3) is 5.65 Å². The molecule has 2 bridgehead atoms. The Bertz CT molecular complexity index is 1140. The Balaban J connectivity index is 1.03. The van der Waals surface area contributed by atoms with Crippen LogP contribution in [0.5, 0.6) is 0 Å². The monoisotopic (exact) mass is 448 g/mol. The number of aromatic nitrogens is 3. The van der Waals surface area contributed by atoms with Crippen LogP contribution in [0, 0.1) is 5.82 Å². The first kappa shape index (κ1) is 20.6. The largest absolute Gasteiger partial charge is 0.347 e. The molecule has 3 aliphatic rings. The normalized spacial score (nSPS) is 22.3. The van der Waals surface area contributed by atoms with Crippen molar-refractivity contribution in [2.75, 3.05) is 24.5 Å². The minimum atomic E-state index is -0.272. The zero-order valence-electron chi connectivity index (χ0n) is 18.7. The Hall–Kier alpha value is -3.00. The molecule has 1 aliphatic carbocycles. The third-order valence-corrected chi connectivity index (χ3v) is 7.34. The van der Waals surface area contributed by atoms with Gasteiger partial charge >= 0.3 is 0 Å². The molecule has 3 fully saturated rings. The average Bonchev–Trinajstić information content (AvgIpc) is 3.52. The second-order valence-corrected chi connectivity index (χ2v) is 9.53. The number of piperazine rings is 1. The summed E-state index contributed by atoms with van der Waals surface area (Å²) in [5.41, 5.74) is 2.61. The molecule has 2 saturated heterocycles. The molecule has 1 saturated carbocycles. The van der Waals surface area contributed by atoms with Crippen molar-refractivity contribution in [3.8, 4) is 0 Å². The van der Waals surface area contributed by atoms with E-state index in [1.54, 1.807) is 22.9 Å². The lowest BCUT2D eigenvalue weighted by atomic mass is 10.1. The highest BCUT2D eigenvalue weighted by Crippen LogP contribution is 2.41. The molecule has 0 aromatic carbocycles. The minimum Gasteiger partial charge on any atom is -0.347 e. The zero-order valence-corrected chi connectivity index (χ0v) is 18.7. The predicted octanol–water partition coefficient (Wildman–Crippen LogP) is 3.11. The third-order valence-electron chi connectivity index (χ3n) is 7.34. The minimum absolute atomic E-state index is 0.164. The molecule has 1 amide bonds. The zero-order chi connectivity index (χ0) is 22.4. The second-order valence-electron chi connectivity index (χ2n) is 9.53. The van der Waals surface area contributed by atoms with Crippen LogP contribution in [0.2, 0.25) is 0 Å². The smallest absolute Gasteiger partial charge is 0.223 e. The van der Waals surface area contributed by atoms with Crippen LogP contribution in [0.15, 0.2) is 42.9 Å². The summed E-state index contributed by atoms with van der Waals surface area (Å²) in [6.45, 7) is 2.38. The third kappa shape index (κ3) is 3.97. The van der Waals surface area contributed by atoms with E-state index in [4.69, 9.17) is 4.98 Å². The van der Waals surface area contributed by atoms with E-state index in [2.05, 4.69) is 27.3 Å². The van der Waals surface area contributed by atoms with E-state index in [1.807, 2.05) is 11.1 Å². The fourth-order valence-electron chi connectivity index (χ4n) is 5.44. The Morgan fingerprint density at radius 2 is 1.88 bits per heavy atom. The van der Waals surface area contributed by atoms with E-state index < -0.39 is 0 Å². The first-order valence-electron chi connectivity index (χ1n) is 12.0. The van der Waals surface area contributed by atoms with Gasteiger partial charge < -0.3 is 15.1 Å². The van der Waals surface area contributed by atoms with Gasteiger partial charge in [0.2, 0.25) is 5.91 Å². The molecular formula is C25H29FN6O. The van der Waals surface area contributed by atoms with Gasteiger partial charge in [-0.3, -0.25) is 9.20 Å². The van der Waals surface area contributed by atoms with Gasteiger partial charge in [-0.15, -0.1) is 0 Å². The number of halogens is 1. The molecule has 5 heterocycles. The van der Waals surface area contributed by atoms with Gasteiger partial charge in [-0.2, -0.15) is 0 Å². The first-order chi connectivity index (χ1) is 16.2. The number of imidazole rings is 1.